The van der Waals surface area contributed by atoms with Gasteiger partial charge in [-0.3, -0.25) is 0 Å². The summed E-state index contributed by atoms with van der Waals surface area (Å²) < 4.78 is 18.2. The molecule has 0 saturated heterocycles. The van der Waals surface area contributed by atoms with Crippen molar-refractivity contribution in [2.24, 2.45) is 0 Å². The number of ether oxygens (including phenoxy) is 4. The number of aliphatic hydroxyl groups is 2. The largest absolute Gasteiger partial charge is 0.449 e. The molecule has 0 aliphatic heterocycles. The Morgan fingerprint density at radius 2 is 1.00 bits per heavy atom. The molecule has 0 aromatic rings. The summed E-state index contributed by atoms with van der Waals surface area (Å²) in [6.07, 6.45) is -5.40. The molecule has 0 spiro atoms. The Morgan fingerprint density at radius 3 is 1.26 bits per heavy atom. The van der Waals surface area contributed by atoms with Crippen LogP contribution in [0.25, 0.3) is 0 Å². The zero-order valence-corrected chi connectivity index (χ0v) is 13.2. The predicted octanol–water partition coefficient (Wildman–Crippen LogP) is -1.34. The molecule has 0 radical (unpaired) electrons. The van der Waals surface area contributed by atoms with Crippen LogP contribution in [0.3, 0.4) is 0 Å². The minimum atomic E-state index is -1.40. The first kappa shape index (κ1) is 20.8. The van der Waals surface area contributed by atoms with E-state index in [0.717, 1.165) is 13.8 Å². The Balaban J connectivity index is 4.14. The molecule has 0 aliphatic carbocycles. The summed E-state index contributed by atoms with van der Waals surface area (Å²) in [5.41, 5.74) is 0. The van der Waals surface area contributed by atoms with Crippen molar-refractivity contribution in [3.63, 3.8) is 0 Å². The van der Waals surface area contributed by atoms with E-state index in [0.29, 0.717) is 0 Å². The van der Waals surface area contributed by atoms with E-state index in [1.165, 1.54) is 13.8 Å². The van der Waals surface area contributed by atoms with Crippen LogP contribution >= 0.6 is 0 Å². The second-order valence-corrected chi connectivity index (χ2v) is 4.55. The molecule has 0 amide bonds. The minimum absolute atomic E-state index is 0.787. The third kappa shape index (κ3) is 8.12. The van der Waals surface area contributed by atoms with Gasteiger partial charge in [0.15, 0.2) is 12.2 Å². The van der Waals surface area contributed by atoms with Gasteiger partial charge in [-0.05, 0) is 27.7 Å². The van der Waals surface area contributed by atoms with E-state index in [1.807, 2.05) is 0 Å². The Morgan fingerprint density at radius 1 is 0.696 bits per heavy atom. The molecule has 4 atom stereocenters. The lowest BCUT2D eigenvalue weighted by molar-refractivity contribution is -0.187. The summed E-state index contributed by atoms with van der Waals surface area (Å²) in [7, 11) is 0. The van der Waals surface area contributed by atoms with Gasteiger partial charge >= 0.3 is 23.9 Å². The van der Waals surface area contributed by atoms with E-state index in [-0.39, 0.29) is 0 Å². The highest BCUT2D eigenvalue weighted by molar-refractivity contribution is 5.81. The Labute approximate surface area is 132 Å². The van der Waals surface area contributed by atoms with Crippen molar-refractivity contribution in [3.05, 3.63) is 0 Å². The smallest absolute Gasteiger partial charge is 0.350 e. The quantitative estimate of drug-likeness (QED) is 0.310. The summed E-state index contributed by atoms with van der Waals surface area (Å²) in [5, 5.41) is 17.8. The van der Waals surface area contributed by atoms with E-state index in [1.54, 1.807) is 0 Å². The Hall–Kier alpha value is -2.20. The van der Waals surface area contributed by atoms with Gasteiger partial charge in [0.2, 0.25) is 6.79 Å². The average Bonchev–Trinajstić information content (AvgIpc) is 2.46. The number of carbonyl (C=O) groups excluding carboxylic acids is 4. The third-order valence-electron chi connectivity index (χ3n) is 2.33. The summed E-state index contributed by atoms with van der Waals surface area (Å²) in [6, 6.07) is 0. The average molecular weight is 336 g/mol. The van der Waals surface area contributed by atoms with Gasteiger partial charge in [-0.15, -0.1) is 0 Å². The van der Waals surface area contributed by atoms with Gasteiger partial charge in [0.05, 0.1) is 0 Å². The summed E-state index contributed by atoms with van der Waals surface area (Å²) >= 11 is 0. The Bertz CT molecular complexity index is 402. The molecule has 10 heteroatoms. The van der Waals surface area contributed by atoms with Gasteiger partial charge in [0, 0.05) is 0 Å². The summed E-state index contributed by atoms with van der Waals surface area (Å²) in [4.78, 5) is 45.0. The van der Waals surface area contributed by atoms with Crippen molar-refractivity contribution >= 4 is 23.9 Å². The fourth-order valence-electron chi connectivity index (χ4n) is 1.02. The number of hydrogen-bond donors (Lipinski definition) is 2. The molecule has 132 valence electrons. The van der Waals surface area contributed by atoms with Crippen LogP contribution in [0.5, 0.6) is 0 Å². The SMILES string of the molecule is CC(O)C(=O)OC(C)C(=O)OCOC(=O)C(C)OC(=O)C(C)O. The molecule has 0 aromatic carbocycles. The highest BCUT2D eigenvalue weighted by Crippen LogP contribution is 2.01. The van der Waals surface area contributed by atoms with Crippen LogP contribution in [0.15, 0.2) is 0 Å². The van der Waals surface area contributed by atoms with Gasteiger partial charge in [0.25, 0.3) is 0 Å². The second kappa shape index (κ2) is 9.74. The molecule has 0 aliphatic rings. The molecular formula is C13H20O10. The summed E-state index contributed by atoms with van der Waals surface area (Å²) in [5.74, 6) is -4.02. The molecule has 10 nitrogen and oxygen atoms in total. The van der Waals surface area contributed by atoms with Crippen molar-refractivity contribution in [3.8, 4) is 0 Å². The van der Waals surface area contributed by atoms with Crippen molar-refractivity contribution in [2.75, 3.05) is 6.79 Å². The van der Waals surface area contributed by atoms with E-state index in [9.17, 15) is 19.2 Å². The first-order valence-electron chi connectivity index (χ1n) is 6.66. The van der Waals surface area contributed by atoms with Gasteiger partial charge < -0.3 is 29.2 Å². The van der Waals surface area contributed by atoms with Gasteiger partial charge in [0.1, 0.15) is 12.2 Å². The van der Waals surface area contributed by atoms with E-state index in [4.69, 9.17) is 10.2 Å². The molecule has 0 rings (SSSR count). The van der Waals surface area contributed by atoms with Gasteiger partial charge in [-0.1, -0.05) is 0 Å². The number of rotatable bonds is 8. The molecular weight excluding hydrogens is 316 g/mol. The van der Waals surface area contributed by atoms with Crippen LogP contribution < -0.4 is 0 Å². The predicted molar refractivity (Wildman–Crippen MR) is 71.5 cm³/mol. The van der Waals surface area contributed by atoms with Crippen molar-refractivity contribution in [2.45, 2.75) is 52.1 Å². The standard InChI is InChI=1S/C13H20O10/c1-6(14)10(16)22-8(3)12(18)20-5-21-13(19)9(4)23-11(17)7(2)15/h6-9,14-15H,5H2,1-4H3. The fourth-order valence-corrected chi connectivity index (χ4v) is 1.02. The lowest BCUT2D eigenvalue weighted by Crippen LogP contribution is -2.33. The van der Waals surface area contributed by atoms with E-state index >= 15 is 0 Å². The zero-order chi connectivity index (χ0) is 18.2. The minimum Gasteiger partial charge on any atom is -0.449 e. The maximum absolute atomic E-state index is 11.4. The Kier molecular flexibility index (Phi) is 8.81. The lowest BCUT2D eigenvalue weighted by atomic mass is 10.4. The van der Waals surface area contributed by atoms with Crippen molar-refractivity contribution < 1.29 is 48.3 Å². The third-order valence-corrected chi connectivity index (χ3v) is 2.33. The zero-order valence-electron chi connectivity index (χ0n) is 13.2. The monoisotopic (exact) mass is 336 g/mol. The van der Waals surface area contributed by atoms with Crippen LogP contribution in [0.2, 0.25) is 0 Å². The number of esters is 4. The molecule has 0 saturated carbocycles. The van der Waals surface area contributed by atoms with Crippen LogP contribution in [0, 0.1) is 0 Å². The maximum Gasteiger partial charge on any atom is 0.350 e. The second-order valence-electron chi connectivity index (χ2n) is 4.55. The first-order valence-corrected chi connectivity index (χ1v) is 6.66. The number of hydrogen-bond acceptors (Lipinski definition) is 10. The molecule has 0 heterocycles. The molecule has 0 aromatic heterocycles. The van der Waals surface area contributed by atoms with Crippen molar-refractivity contribution in [1.29, 1.82) is 0 Å². The normalized spacial score (nSPS) is 15.6. The highest BCUT2D eigenvalue weighted by Gasteiger charge is 2.24. The van der Waals surface area contributed by atoms with Crippen LogP contribution in [0.1, 0.15) is 27.7 Å². The first-order chi connectivity index (χ1) is 10.6. The van der Waals surface area contributed by atoms with Gasteiger partial charge in [-0.25, -0.2) is 19.2 Å². The molecule has 0 fully saturated rings. The molecule has 23 heavy (non-hydrogen) atoms. The number of carbonyl (C=O) groups is 4. The van der Waals surface area contributed by atoms with E-state index < -0.39 is 55.1 Å². The van der Waals surface area contributed by atoms with Crippen LogP contribution in [0.4, 0.5) is 0 Å². The fraction of sp³-hybridized carbons (Fsp3) is 0.692. The maximum atomic E-state index is 11.4. The molecule has 0 bridgehead atoms. The lowest BCUT2D eigenvalue weighted by Gasteiger charge is -2.15. The highest BCUT2D eigenvalue weighted by atomic mass is 16.7. The van der Waals surface area contributed by atoms with Gasteiger partial charge in [-0.2, -0.15) is 0 Å². The molecule has 2 N–H and O–H groups in total. The summed E-state index contributed by atoms with van der Waals surface area (Å²) in [6.45, 7) is 3.95. The number of aliphatic hydroxyl groups excluding tert-OH is 2. The van der Waals surface area contributed by atoms with E-state index in [2.05, 4.69) is 18.9 Å². The molecule has 4 unspecified atom stereocenters. The van der Waals surface area contributed by atoms with Crippen LogP contribution in [-0.2, 0) is 38.1 Å². The van der Waals surface area contributed by atoms with Crippen LogP contribution in [-0.4, -0.2) is 65.3 Å². The topological polar surface area (TPSA) is 146 Å². The van der Waals surface area contributed by atoms with Crippen molar-refractivity contribution in [1.82, 2.24) is 0 Å².